The molecule has 0 unspecified atom stereocenters. The predicted octanol–water partition coefficient (Wildman–Crippen LogP) is 0.746. The van der Waals surface area contributed by atoms with Crippen molar-refractivity contribution in [1.29, 1.82) is 0 Å². The van der Waals surface area contributed by atoms with Crippen molar-refractivity contribution in [2.45, 2.75) is 0 Å². The van der Waals surface area contributed by atoms with E-state index in [4.69, 9.17) is 9.47 Å². The summed E-state index contributed by atoms with van der Waals surface area (Å²) in [6.07, 6.45) is 2.85. The molecule has 4 rings (SSSR count). The van der Waals surface area contributed by atoms with Gasteiger partial charge in [0.1, 0.15) is 5.82 Å². The van der Waals surface area contributed by atoms with Gasteiger partial charge in [-0.2, -0.15) is 15.0 Å². The van der Waals surface area contributed by atoms with Gasteiger partial charge in [-0.05, 0) is 6.07 Å². The van der Waals surface area contributed by atoms with Crippen LogP contribution in [0.25, 0.3) is 11.4 Å². The molecule has 2 aromatic rings. The van der Waals surface area contributed by atoms with E-state index < -0.39 is 5.82 Å². The van der Waals surface area contributed by atoms with Crippen LogP contribution in [0.3, 0.4) is 0 Å². The SMILES string of the molecule is Fc1ccncc1-c1nc(N2CCOCC2)nc(N2CCOCC2)n1. The Morgan fingerprint density at radius 1 is 0.840 bits per heavy atom. The first kappa shape index (κ1) is 16.1. The molecule has 0 spiro atoms. The lowest BCUT2D eigenvalue weighted by Crippen LogP contribution is -2.40. The van der Waals surface area contributed by atoms with E-state index in [9.17, 15) is 4.39 Å². The summed E-state index contributed by atoms with van der Waals surface area (Å²) in [6, 6.07) is 1.31. The second-order valence-corrected chi connectivity index (χ2v) is 5.81. The van der Waals surface area contributed by atoms with E-state index in [0.29, 0.717) is 70.3 Å². The molecular weight excluding hydrogens is 327 g/mol. The summed E-state index contributed by atoms with van der Waals surface area (Å²) in [5.41, 5.74) is 0.272. The molecular formula is C16H19FN6O2. The van der Waals surface area contributed by atoms with E-state index in [1.807, 2.05) is 9.80 Å². The van der Waals surface area contributed by atoms with Crippen LogP contribution in [0.1, 0.15) is 0 Å². The number of aromatic nitrogens is 4. The number of hydrogen-bond donors (Lipinski definition) is 0. The van der Waals surface area contributed by atoms with E-state index in [-0.39, 0.29) is 5.56 Å². The zero-order valence-corrected chi connectivity index (χ0v) is 13.8. The molecule has 2 aliphatic rings. The number of morpholine rings is 2. The van der Waals surface area contributed by atoms with E-state index in [0.717, 1.165) is 0 Å². The molecule has 132 valence electrons. The molecule has 0 atom stereocenters. The van der Waals surface area contributed by atoms with Crippen molar-refractivity contribution in [3.63, 3.8) is 0 Å². The maximum atomic E-state index is 14.2. The smallest absolute Gasteiger partial charge is 0.230 e. The van der Waals surface area contributed by atoms with Crippen LogP contribution in [0, 0.1) is 5.82 Å². The summed E-state index contributed by atoms with van der Waals surface area (Å²) < 4.78 is 25.0. The summed E-state index contributed by atoms with van der Waals surface area (Å²) in [4.78, 5) is 21.7. The summed E-state index contributed by atoms with van der Waals surface area (Å²) in [6.45, 7) is 5.26. The average molecular weight is 346 g/mol. The highest BCUT2D eigenvalue weighted by Crippen LogP contribution is 2.23. The molecule has 2 aliphatic heterocycles. The second-order valence-electron chi connectivity index (χ2n) is 5.81. The normalized spacial score (nSPS) is 18.4. The van der Waals surface area contributed by atoms with Gasteiger partial charge in [-0.25, -0.2) is 4.39 Å². The lowest BCUT2D eigenvalue weighted by Gasteiger charge is -2.30. The predicted molar refractivity (Wildman–Crippen MR) is 89.1 cm³/mol. The lowest BCUT2D eigenvalue weighted by atomic mass is 10.2. The Balaban J connectivity index is 1.75. The minimum absolute atomic E-state index is 0.272. The molecule has 0 saturated carbocycles. The van der Waals surface area contributed by atoms with Gasteiger partial charge in [-0.1, -0.05) is 0 Å². The maximum absolute atomic E-state index is 14.2. The fourth-order valence-corrected chi connectivity index (χ4v) is 2.83. The molecule has 0 bridgehead atoms. The molecule has 4 heterocycles. The summed E-state index contributed by atoms with van der Waals surface area (Å²) in [5, 5.41) is 0. The van der Waals surface area contributed by atoms with E-state index in [1.165, 1.54) is 18.5 Å². The number of nitrogens with zero attached hydrogens (tertiary/aromatic N) is 6. The van der Waals surface area contributed by atoms with E-state index >= 15 is 0 Å². The number of halogens is 1. The Kier molecular flexibility index (Phi) is 4.66. The van der Waals surface area contributed by atoms with Gasteiger partial charge in [0.15, 0.2) is 5.82 Å². The fraction of sp³-hybridized carbons (Fsp3) is 0.500. The third-order valence-electron chi connectivity index (χ3n) is 4.21. The van der Waals surface area contributed by atoms with Crippen molar-refractivity contribution in [2.24, 2.45) is 0 Å². The first-order valence-corrected chi connectivity index (χ1v) is 8.32. The van der Waals surface area contributed by atoms with Crippen LogP contribution < -0.4 is 9.80 Å². The van der Waals surface area contributed by atoms with Crippen LogP contribution in [-0.2, 0) is 9.47 Å². The summed E-state index contributed by atoms with van der Waals surface area (Å²) in [5.74, 6) is 0.974. The molecule has 2 aromatic heterocycles. The van der Waals surface area contributed by atoms with Gasteiger partial charge in [-0.3, -0.25) is 4.98 Å². The lowest BCUT2D eigenvalue weighted by molar-refractivity contribution is 0.121. The van der Waals surface area contributed by atoms with Gasteiger partial charge in [-0.15, -0.1) is 0 Å². The van der Waals surface area contributed by atoms with Gasteiger partial charge in [0.2, 0.25) is 11.9 Å². The van der Waals surface area contributed by atoms with Crippen molar-refractivity contribution >= 4 is 11.9 Å². The van der Waals surface area contributed by atoms with Crippen LogP contribution in [0.5, 0.6) is 0 Å². The van der Waals surface area contributed by atoms with Gasteiger partial charge >= 0.3 is 0 Å². The van der Waals surface area contributed by atoms with Crippen molar-refractivity contribution in [3.8, 4) is 11.4 Å². The Labute approximate surface area is 144 Å². The topological polar surface area (TPSA) is 76.5 Å². The number of pyridine rings is 1. The van der Waals surface area contributed by atoms with Gasteiger partial charge in [0.05, 0.1) is 32.0 Å². The molecule has 0 N–H and O–H groups in total. The molecule has 0 aromatic carbocycles. The zero-order valence-electron chi connectivity index (χ0n) is 13.8. The van der Waals surface area contributed by atoms with Crippen molar-refractivity contribution in [1.82, 2.24) is 19.9 Å². The zero-order chi connectivity index (χ0) is 17.1. The first-order chi connectivity index (χ1) is 12.3. The van der Waals surface area contributed by atoms with Crippen molar-refractivity contribution in [2.75, 3.05) is 62.4 Å². The van der Waals surface area contributed by atoms with E-state index in [1.54, 1.807) is 0 Å². The molecule has 25 heavy (non-hydrogen) atoms. The average Bonchev–Trinajstić information content (AvgIpc) is 2.69. The minimum Gasteiger partial charge on any atom is -0.378 e. The highest BCUT2D eigenvalue weighted by molar-refractivity contribution is 5.58. The Hall–Kier alpha value is -2.39. The number of rotatable bonds is 3. The third kappa shape index (κ3) is 3.52. The van der Waals surface area contributed by atoms with Gasteiger partial charge < -0.3 is 19.3 Å². The Morgan fingerprint density at radius 2 is 1.40 bits per heavy atom. The van der Waals surface area contributed by atoms with Gasteiger partial charge in [0, 0.05) is 38.6 Å². The molecule has 0 aliphatic carbocycles. The standard InChI is InChI=1S/C16H19FN6O2/c17-13-1-2-18-11-12(13)14-19-15(22-3-7-24-8-4-22)21-16(20-14)23-5-9-25-10-6-23/h1-2,11H,3-10H2. The summed E-state index contributed by atoms with van der Waals surface area (Å²) >= 11 is 0. The molecule has 0 radical (unpaired) electrons. The molecule has 9 heteroatoms. The van der Waals surface area contributed by atoms with Crippen LogP contribution in [-0.4, -0.2) is 72.5 Å². The molecule has 2 fully saturated rings. The van der Waals surface area contributed by atoms with E-state index in [2.05, 4.69) is 19.9 Å². The minimum atomic E-state index is -0.401. The number of hydrogen-bond acceptors (Lipinski definition) is 8. The fourth-order valence-electron chi connectivity index (χ4n) is 2.83. The maximum Gasteiger partial charge on any atom is 0.230 e. The first-order valence-electron chi connectivity index (χ1n) is 8.32. The highest BCUT2D eigenvalue weighted by Gasteiger charge is 2.22. The quantitative estimate of drug-likeness (QED) is 0.806. The monoisotopic (exact) mass is 346 g/mol. The van der Waals surface area contributed by atoms with Crippen molar-refractivity contribution in [3.05, 3.63) is 24.3 Å². The van der Waals surface area contributed by atoms with Crippen molar-refractivity contribution < 1.29 is 13.9 Å². The largest absolute Gasteiger partial charge is 0.378 e. The molecule has 8 nitrogen and oxygen atoms in total. The van der Waals surface area contributed by atoms with Crippen LogP contribution >= 0.6 is 0 Å². The van der Waals surface area contributed by atoms with Crippen LogP contribution in [0.2, 0.25) is 0 Å². The molecule has 0 amide bonds. The highest BCUT2D eigenvalue weighted by atomic mass is 19.1. The third-order valence-corrected chi connectivity index (χ3v) is 4.21. The number of ether oxygens (including phenoxy) is 2. The van der Waals surface area contributed by atoms with Crippen LogP contribution in [0.4, 0.5) is 16.3 Å². The van der Waals surface area contributed by atoms with Gasteiger partial charge in [0.25, 0.3) is 0 Å². The van der Waals surface area contributed by atoms with Crippen LogP contribution in [0.15, 0.2) is 18.5 Å². The second kappa shape index (κ2) is 7.24. The Morgan fingerprint density at radius 3 is 1.92 bits per heavy atom. The number of anilines is 2. The Bertz CT molecular complexity index is 698. The summed E-state index contributed by atoms with van der Waals surface area (Å²) in [7, 11) is 0. The molecule has 2 saturated heterocycles.